The van der Waals surface area contributed by atoms with Gasteiger partial charge in [-0.1, -0.05) is 34.1 Å². The second kappa shape index (κ2) is 8.24. The Hall–Kier alpha value is -2.47. The molecule has 0 aliphatic carbocycles. The smallest absolute Gasteiger partial charge is 0.331 e. The van der Waals surface area contributed by atoms with Crippen LogP contribution < -0.4 is 5.32 Å². The zero-order chi connectivity index (χ0) is 16.7. The van der Waals surface area contributed by atoms with Crippen LogP contribution in [0, 0.1) is 5.82 Å². The fourth-order valence-corrected chi connectivity index (χ4v) is 2.10. The van der Waals surface area contributed by atoms with Crippen molar-refractivity contribution in [2.75, 3.05) is 11.9 Å². The maximum absolute atomic E-state index is 12.7. The normalized spacial score (nSPS) is 10.5. The van der Waals surface area contributed by atoms with Crippen LogP contribution in [0.3, 0.4) is 0 Å². The highest BCUT2D eigenvalue weighted by Gasteiger charge is 2.06. The fraction of sp³-hybridized carbons (Fsp3) is 0.0588. The SMILES string of the molecule is O=C(COC(=O)/C=C/c1ccccc1Br)Nc1ccc(F)cc1. The molecule has 0 fully saturated rings. The summed E-state index contributed by atoms with van der Waals surface area (Å²) in [7, 11) is 0. The van der Waals surface area contributed by atoms with Crippen molar-refractivity contribution in [3.05, 3.63) is 70.5 Å². The number of rotatable bonds is 5. The van der Waals surface area contributed by atoms with E-state index in [9.17, 15) is 14.0 Å². The number of esters is 1. The van der Waals surface area contributed by atoms with Gasteiger partial charge >= 0.3 is 5.97 Å². The minimum Gasteiger partial charge on any atom is -0.452 e. The van der Waals surface area contributed by atoms with Crippen molar-refractivity contribution >= 4 is 39.6 Å². The first-order valence-electron chi connectivity index (χ1n) is 6.69. The molecule has 2 aromatic rings. The lowest BCUT2D eigenvalue weighted by Gasteiger charge is -2.05. The summed E-state index contributed by atoms with van der Waals surface area (Å²) < 4.78 is 18.4. The van der Waals surface area contributed by atoms with E-state index < -0.39 is 24.3 Å². The van der Waals surface area contributed by atoms with Crippen LogP contribution >= 0.6 is 15.9 Å². The molecule has 0 atom stereocenters. The van der Waals surface area contributed by atoms with E-state index in [-0.39, 0.29) is 0 Å². The Labute approximate surface area is 141 Å². The molecule has 6 heteroatoms. The van der Waals surface area contributed by atoms with Gasteiger partial charge in [-0.05, 0) is 42.0 Å². The molecule has 0 radical (unpaired) electrons. The highest BCUT2D eigenvalue weighted by Crippen LogP contribution is 2.17. The van der Waals surface area contributed by atoms with Gasteiger partial charge in [-0.15, -0.1) is 0 Å². The standard InChI is InChI=1S/C17H13BrFNO3/c18-15-4-2-1-3-12(15)5-10-17(22)23-11-16(21)20-14-8-6-13(19)7-9-14/h1-10H,11H2,(H,20,21)/b10-5+. The molecule has 0 heterocycles. The van der Waals surface area contributed by atoms with E-state index >= 15 is 0 Å². The number of carbonyl (C=O) groups excluding carboxylic acids is 2. The van der Waals surface area contributed by atoms with Crippen LogP contribution in [-0.4, -0.2) is 18.5 Å². The predicted octanol–water partition coefficient (Wildman–Crippen LogP) is 3.78. The summed E-state index contributed by atoms with van der Waals surface area (Å²) in [6, 6.07) is 12.7. The maximum Gasteiger partial charge on any atom is 0.331 e. The quantitative estimate of drug-likeness (QED) is 0.637. The van der Waals surface area contributed by atoms with Gasteiger partial charge in [0, 0.05) is 16.2 Å². The van der Waals surface area contributed by atoms with Crippen molar-refractivity contribution in [2.45, 2.75) is 0 Å². The minimum absolute atomic E-state index is 0.397. The van der Waals surface area contributed by atoms with E-state index in [2.05, 4.69) is 21.2 Å². The van der Waals surface area contributed by atoms with Crippen molar-refractivity contribution < 1.29 is 18.7 Å². The van der Waals surface area contributed by atoms with E-state index in [1.54, 1.807) is 6.08 Å². The number of ether oxygens (including phenoxy) is 1. The second-order valence-corrected chi connectivity index (χ2v) is 5.37. The third kappa shape index (κ3) is 5.67. The molecule has 2 rings (SSSR count). The lowest BCUT2D eigenvalue weighted by atomic mass is 10.2. The molecule has 0 unspecified atom stereocenters. The van der Waals surface area contributed by atoms with Crippen molar-refractivity contribution in [1.82, 2.24) is 0 Å². The highest BCUT2D eigenvalue weighted by atomic mass is 79.9. The van der Waals surface area contributed by atoms with E-state index in [0.717, 1.165) is 10.0 Å². The summed E-state index contributed by atoms with van der Waals surface area (Å²) >= 11 is 3.36. The summed E-state index contributed by atoms with van der Waals surface area (Å²) in [5, 5.41) is 2.49. The number of amides is 1. The monoisotopic (exact) mass is 377 g/mol. The Morgan fingerprint density at radius 1 is 1.13 bits per heavy atom. The number of hydrogen-bond donors (Lipinski definition) is 1. The molecule has 1 N–H and O–H groups in total. The molecule has 118 valence electrons. The number of benzene rings is 2. The minimum atomic E-state index is -0.630. The van der Waals surface area contributed by atoms with Gasteiger partial charge in [-0.2, -0.15) is 0 Å². The topological polar surface area (TPSA) is 55.4 Å². The van der Waals surface area contributed by atoms with Gasteiger partial charge in [-0.25, -0.2) is 9.18 Å². The maximum atomic E-state index is 12.7. The summed E-state index contributed by atoms with van der Waals surface area (Å²) in [4.78, 5) is 23.2. The molecule has 0 saturated carbocycles. The molecular formula is C17H13BrFNO3. The highest BCUT2D eigenvalue weighted by molar-refractivity contribution is 9.10. The molecule has 0 saturated heterocycles. The van der Waals surface area contributed by atoms with Crippen molar-refractivity contribution in [3.8, 4) is 0 Å². The van der Waals surface area contributed by atoms with Crippen molar-refractivity contribution in [2.24, 2.45) is 0 Å². The molecular weight excluding hydrogens is 365 g/mol. The van der Waals surface area contributed by atoms with Crippen LogP contribution in [0.2, 0.25) is 0 Å². The number of halogens is 2. The summed E-state index contributed by atoms with van der Waals surface area (Å²) in [5.74, 6) is -1.53. The second-order valence-electron chi connectivity index (χ2n) is 4.52. The summed E-state index contributed by atoms with van der Waals surface area (Å²) in [6.07, 6.45) is 2.83. The van der Waals surface area contributed by atoms with Gasteiger partial charge in [0.1, 0.15) is 5.82 Å². The molecule has 23 heavy (non-hydrogen) atoms. The number of carbonyl (C=O) groups is 2. The van der Waals surface area contributed by atoms with Crippen LogP contribution in [0.5, 0.6) is 0 Å². The van der Waals surface area contributed by atoms with Gasteiger partial charge in [0.2, 0.25) is 0 Å². The van der Waals surface area contributed by atoms with Gasteiger partial charge in [0.15, 0.2) is 6.61 Å². The number of hydrogen-bond acceptors (Lipinski definition) is 3. The molecule has 4 nitrogen and oxygen atoms in total. The van der Waals surface area contributed by atoms with E-state index in [1.165, 1.54) is 30.3 Å². The van der Waals surface area contributed by atoms with E-state index in [1.807, 2.05) is 24.3 Å². The third-order valence-corrected chi connectivity index (χ3v) is 3.50. The Morgan fingerprint density at radius 2 is 1.83 bits per heavy atom. The molecule has 1 amide bonds. The van der Waals surface area contributed by atoms with Crippen molar-refractivity contribution in [1.29, 1.82) is 0 Å². The fourth-order valence-electron chi connectivity index (χ4n) is 1.68. The molecule has 0 aliphatic rings. The first-order chi connectivity index (χ1) is 11.0. The van der Waals surface area contributed by atoms with E-state index in [4.69, 9.17) is 4.74 Å². The van der Waals surface area contributed by atoms with Gasteiger partial charge in [0.05, 0.1) is 0 Å². The first-order valence-corrected chi connectivity index (χ1v) is 7.48. The zero-order valence-electron chi connectivity index (χ0n) is 12.0. The largest absolute Gasteiger partial charge is 0.452 e. The molecule has 0 aromatic heterocycles. The predicted molar refractivity (Wildman–Crippen MR) is 89.2 cm³/mol. The molecule has 0 bridgehead atoms. The Bertz CT molecular complexity index is 729. The molecule has 0 aliphatic heterocycles. The van der Waals surface area contributed by atoms with Crippen LogP contribution in [0.25, 0.3) is 6.08 Å². The average Bonchev–Trinajstić information content (AvgIpc) is 2.54. The molecule has 2 aromatic carbocycles. The summed E-state index contributed by atoms with van der Waals surface area (Å²) in [5.41, 5.74) is 1.25. The lowest BCUT2D eigenvalue weighted by Crippen LogP contribution is -2.20. The van der Waals surface area contributed by atoms with Gasteiger partial charge in [-0.3, -0.25) is 4.79 Å². The van der Waals surface area contributed by atoms with Gasteiger partial charge < -0.3 is 10.1 Å². The number of nitrogens with one attached hydrogen (secondary N) is 1. The molecule has 0 spiro atoms. The van der Waals surface area contributed by atoms with Crippen LogP contribution in [-0.2, 0) is 14.3 Å². The first kappa shape index (κ1) is 16.9. The third-order valence-electron chi connectivity index (χ3n) is 2.78. The Balaban J connectivity index is 1.81. The van der Waals surface area contributed by atoms with Crippen LogP contribution in [0.4, 0.5) is 10.1 Å². The van der Waals surface area contributed by atoms with Crippen molar-refractivity contribution in [3.63, 3.8) is 0 Å². The van der Waals surface area contributed by atoms with Gasteiger partial charge in [0.25, 0.3) is 5.91 Å². The number of anilines is 1. The zero-order valence-corrected chi connectivity index (χ0v) is 13.5. The van der Waals surface area contributed by atoms with E-state index in [0.29, 0.717) is 5.69 Å². The Kier molecular flexibility index (Phi) is 6.05. The van der Waals surface area contributed by atoms with Crippen LogP contribution in [0.1, 0.15) is 5.56 Å². The summed E-state index contributed by atoms with van der Waals surface area (Å²) in [6.45, 7) is -0.420. The lowest BCUT2D eigenvalue weighted by molar-refractivity contribution is -0.142. The Morgan fingerprint density at radius 3 is 2.52 bits per heavy atom. The average molecular weight is 378 g/mol. The van der Waals surface area contributed by atoms with Crippen LogP contribution in [0.15, 0.2) is 59.1 Å².